The molecule has 1 aliphatic heterocycles. The van der Waals surface area contributed by atoms with Crippen LogP contribution in [0.15, 0.2) is 23.1 Å². The molecule has 2 aromatic heterocycles. The predicted octanol–water partition coefficient (Wildman–Crippen LogP) is 1.39. The van der Waals surface area contributed by atoms with Crippen LogP contribution in [0.4, 0.5) is 0 Å². The van der Waals surface area contributed by atoms with Gasteiger partial charge < -0.3 is 20.1 Å². The lowest BCUT2D eigenvalue weighted by molar-refractivity contribution is 0.0695. The maximum atomic E-state index is 12.5. The molecule has 1 aliphatic rings. The largest absolute Gasteiger partial charge is 0.478 e. The summed E-state index contributed by atoms with van der Waals surface area (Å²) in [5.41, 5.74) is 0.571. The quantitative estimate of drug-likeness (QED) is 0.742. The first-order valence-electron chi connectivity index (χ1n) is 8.24. The van der Waals surface area contributed by atoms with Crippen molar-refractivity contribution in [3.63, 3.8) is 0 Å². The first-order valence-corrected chi connectivity index (χ1v) is 9.06. The van der Waals surface area contributed by atoms with E-state index in [1.165, 1.54) is 34.2 Å². The van der Waals surface area contributed by atoms with Crippen LogP contribution in [0, 0.1) is 12.8 Å². The van der Waals surface area contributed by atoms with E-state index in [1.807, 2.05) is 6.92 Å². The number of aromatic nitrogens is 2. The van der Waals surface area contributed by atoms with E-state index in [-0.39, 0.29) is 29.7 Å². The highest BCUT2D eigenvalue weighted by Crippen LogP contribution is 2.34. The van der Waals surface area contributed by atoms with E-state index in [1.54, 1.807) is 0 Å². The molecule has 2 unspecified atom stereocenters. The molecule has 0 saturated carbocycles. The van der Waals surface area contributed by atoms with Gasteiger partial charge in [-0.3, -0.25) is 4.79 Å². The zero-order valence-electron chi connectivity index (χ0n) is 13.9. The number of aromatic carboxylic acids is 1. The fraction of sp³-hybridized carbons (Fsp3) is 0.471. The number of aliphatic hydroxyl groups excluding tert-OH is 1. The van der Waals surface area contributed by atoms with Crippen molar-refractivity contribution in [1.82, 2.24) is 14.9 Å². The molecule has 7 nitrogen and oxygen atoms in total. The minimum Gasteiger partial charge on any atom is -0.478 e. The number of rotatable bonds is 5. The van der Waals surface area contributed by atoms with Gasteiger partial charge in [0.25, 0.3) is 5.56 Å². The van der Waals surface area contributed by atoms with Crippen molar-refractivity contribution >= 4 is 17.3 Å². The molecule has 0 spiro atoms. The number of thiazole rings is 1. The summed E-state index contributed by atoms with van der Waals surface area (Å²) in [6, 6.07) is 2.27. The zero-order valence-corrected chi connectivity index (χ0v) is 14.8. The summed E-state index contributed by atoms with van der Waals surface area (Å²) in [6.45, 7) is 3.41. The highest BCUT2D eigenvalue weighted by molar-refractivity contribution is 7.11. The SMILES string of the molecule is Cc1nc(C(C2CCCNC2)n2cc(C(=O)O)ccc2=O)sc1CO. The number of carboxylic acid groups (broad SMARTS) is 1. The third-order valence-corrected chi connectivity index (χ3v) is 5.78. The lowest BCUT2D eigenvalue weighted by Crippen LogP contribution is -2.38. The van der Waals surface area contributed by atoms with Gasteiger partial charge in [0, 0.05) is 18.8 Å². The molecule has 2 atom stereocenters. The number of aryl methyl sites for hydroxylation is 1. The van der Waals surface area contributed by atoms with Crippen LogP contribution < -0.4 is 10.9 Å². The second kappa shape index (κ2) is 7.47. The van der Waals surface area contributed by atoms with Gasteiger partial charge in [0.1, 0.15) is 5.01 Å². The monoisotopic (exact) mass is 363 g/mol. The lowest BCUT2D eigenvalue weighted by Gasteiger charge is -2.31. The summed E-state index contributed by atoms with van der Waals surface area (Å²) >= 11 is 1.38. The van der Waals surface area contributed by atoms with Crippen LogP contribution in [0.5, 0.6) is 0 Å². The zero-order chi connectivity index (χ0) is 18.0. The number of carboxylic acids is 1. The standard InChI is InChI=1S/C17H21N3O4S/c1-10-13(9-21)25-16(19-10)15(11-3-2-6-18-7-11)20-8-12(17(23)24)4-5-14(20)22/h4-5,8,11,15,18,21H,2-3,6-7,9H2,1H3,(H,23,24). The fourth-order valence-corrected chi connectivity index (χ4v) is 4.39. The van der Waals surface area contributed by atoms with Crippen molar-refractivity contribution in [2.75, 3.05) is 13.1 Å². The van der Waals surface area contributed by atoms with Gasteiger partial charge in [-0.1, -0.05) is 0 Å². The van der Waals surface area contributed by atoms with Crippen LogP contribution in [0.2, 0.25) is 0 Å². The Balaban J connectivity index is 2.12. The smallest absolute Gasteiger partial charge is 0.337 e. The number of pyridine rings is 1. The van der Waals surface area contributed by atoms with Crippen molar-refractivity contribution < 1.29 is 15.0 Å². The Morgan fingerprint density at radius 2 is 2.32 bits per heavy atom. The molecule has 0 aliphatic carbocycles. The second-order valence-electron chi connectivity index (χ2n) is 6.24. The number of carbonyl (C=O) groups is 1. The average Bonchev–Trinajstić information content (AvgIpc) is 2.98. The Labute approximate surface area is 149 Å². The first kappa shape index (κ1) is 17.8. The molecule has 0 amide bonds. The average molecular weight is 363 g/mol. The van der Waals surface area contributed by atoms with Crippen LogP contribution in [0.1, 0.15) is 44.8 Å². The number of hydrogen-bond donors (Lipinski definition) is 3. The molecule has 3 N–H and O–H groups in total. The van der Waals surface area contributed by atoms with Crippen LogP contribution in [-0.4, -0.2) is 38.8 Å². The Hall–Kier alpha value is -2.03. The van der Waals surface area contributed by atoms with Gasteiger partial charge in [0.05, 0.1) is 28.8 Å². The van der Waals surface area contributed by atoms with E-state index in [0.29, 0.717) is 0 Å². The fourth-order valence-electron chi connectivity index (χ4n) is 3.27. The van der Waals surface area contributed by atoms with Crippen LogP contribution in [0.3, 0.4) is 0 Å². The molecule has 0 radical (unpaired) electrons. The summed E-state index contributed by atoms with van der Waals surface area (Å²) in [6.07, 6.45) is 3.32. The Morgan fingerprint density at radius 1 is 1.52 bits per heavy atom. The van der Waals surface area contributed by atoms with Gasteiger partial charge in [-0.15, -0.1) is 11.3 Å². The summed E-state index contributed by atoms with van der Waals surface area (Å²) in [4.78, 5) is 29.2. The maximum absolute atomic E-state index is 12.5. The number of piperidine rings is 1. The second-order valence-corrected chi connectivity index (χ2v) is 7.35. The number of hydrogen-bond acceptors (Lipinski definition) is 6. The molecule has 25 heavy (non-hydrogen) atoms. The first-order chi connectivity index (χ1) is 12.0. The molecule has 1 saturated heterocycles. The Kier molecular flexibility index (Phi) is 5.31. The van der Waals surface area contributed by atoms with Crippen molar-refractivity contribution in [2.45, 2.75) is 32.4 Å². The molecule has 0 aromatic carbocycles. The molecule has 3 heterocycles. The van der Waals surface area contributed by atoms with Crippen LogP contribution in [-0.2, 0) is 6.61 Å². The topological polar surface area (TPSA) is 104 Å². The lowest BCUT2D eigenvalue weighted by atomic mass is 9.91. The third-order valence-electron chi connectivity index (χ3n) is 4.57. The Morgan fingerprint density at radius 3 is 2.92 bits per heavy atom. The number of aliphatic hydroxyl groups is 1. The van der Waals surface area contributed by atoms with E-state index >= 15 is 0 Å². The molecule has 8 heteroatoms. The van der Waals surface area contributed by atoms with Gasteiger partial charge in [-0.25, -0.2) is 9.78 Å². The normalized spacial score (nSPS) is 18.9. The molecule has 2 aromatic rings. The summed E-state index contributed by atoms with van der Waals surface area (Å²) in [7, 11) is 0. The highest BCUT2D eigenvalue weighted by atomic mass is 32.1. The van der Waals surface area contributed by atoms with Crippen LogP contribution in [0.25, 0.3) is 0 Å². The van der Waals surface area contributed by atoms with E-state index in [2.05, 4.69) is 10.3 Å². The number of nitrogens with one attached hydrogen (secondary N) is 1. The van der Waals surface area contributed by atoms with E-state index < -0.39 is 5.97 Å². The third kappa shape index (κ3) is 3.65. The molecule has 3 rings (SSSR count). The van der Waals surface area contributed by atoms with E-state index in [4.69, 9.17) is 0 Å². The molecular weight excluding hydrogens is 342 g/mol. The number of nitrogens with zero attached hydrogens (tertiary/aromatic N) is 2. The van der Waals surface area contributed by atoms with Crippen molar-refractivity contribution in [2.24, 2.45) is 5.92 Å². The molecule has 1 fully saturated rings. The van der Waals surface area contributed by atoms with E-state index in [0.717, 1.165) is 41.5 Å². The molecule has 0 bridgehead atoms. The maximum Gasteiger partial charge on any atom is 0.337 e. The van der Waals surface area contributed by atoms with Crippen molar-refractivity contribution in [3.05, 3.63) is 49.8 Å². The van der Waals surface area contributed by atoms with Crippen LogP contribution >= 0.6 is 11.3 Å². The van der Waals surface area contributed by atoms with Crippen molar-refractivity contribution in [1.29, 1.82) is 0 Å². The minimum absolute atomic E-state index is 0.0732. The summed E-state index contributed by atoms with van der Waals surface area (Å²) < 4.78 is 1.49. The molecule has 134 valence electrons. The Bertz CT molecular complexity index is 824. The minimum atomic E-state index is -1.07. The van der Waals surface area contributed by atoms with Crippen molar-refractivity contribution in [3.8, 4) is 0 Å². The van der Waals surface area contributed by atoms with Gasteiger partial charge in [-0.05, 0) is 38.3 Å². The summed E-state index contributed by atoms with van der Waals surface area (Å²) in [5.74, 6) is -0.937. The predicted molar refractivity (Wildman–Crippen MR) is 94.2 cm³/mol. The van der Waals surface area contributed by atoms with Gasteiger partial charge in [0.15, 0.2) is 0 Å². The van der Waals surface area contributed by atoms with Gasteiger partial charge >= 0.3 is 5.97 Å². The van der Waals surface area contributed by atoms with Gasteiger partial charge in [0.2, 0.25) is 0 Å². The molecular formula is C17H21N3O4S. The van der Waals surface area contributed by atoms with Gasteiger partial charge in [-0.2, -0.15) is 0 Å². The van der Waals surface area contributed by atoms with E-state index in [9.17, 15) is 19.8 Å². The summed E-state index contributed by atoms with van der Waals surface area (Å²) in [5, 5.41) is 22.8. The highest BCUT2D eigenvalue weighted by Gasteiger charge is 2.30.